The second-order valence-corrected chi connectivity index (χ2v) is 7.55. The Balaban J connectivity index is 1.56. The number of aromatic amines is 1. The number of hydrogen-bond acceptors (Lipinski definition) is 5. The number of ether oxygens (including phenoxy) is 3. The second-order valence-electron chi connectivity index (χ2n) is 7.55. The molecule has 2 N–H and O–H groups in total. The average molecular weight is 422 g/mol. The van der Waals surface area contributed by atoms with E-state index in [0.717, 1.165) is 53.5 Å². The SMILES string of the molecule is CCCCCc1c(OC)ccc2cc(C(=O)NCc3ccc4c(c3)OCO4)c(=O)[nH]c12. The molecule has 0 saturated heterocycles. The van der Waals surface area contributed by atoms with Crippen LogP contribution in [0.5, 0.6) is 17.2 Å². The molecule has 7 heteroatoms. The summed E-state index contributed by atoms with van der Waals surface area (Å²) in [5.74, 6) is 1.66. The molecular weight excluding hydrogens is 396 g/mol. The minimum atomic E-state index is -0.427. The Morgan fingerprint density at radius 2 is 1.97 bits per heavy atom. The van der Waals surface area contributed by atoms with E-state index in [1.807, 2.05) is 24.3 Å². The van der Waals surface area contributed by atoms with Gasteiger partial charge in [-0.25, -0.2) is 0 Å². The van der Waals surface area contributed by atoms with Crippen molar-refractivity contribution in [3.05, 3.63) is 63.4 Å². The minimum absolute atomic E-state index is 0.0814. The Morgan fingerprint density at radius 1 is 1.13 bits per heavy atom. The Bertz CT molecular complexity index is 1170. The first-order chi connectivity index (χ1) is 15.1. The second kappa shape index (κ2) is 9.12. The number of methoxy groups -OCH3 is 1. The quantitative estimate of drug-likeness (QED) is 0.537. The van der Waals surface area contributed by atoms with Crippen molar-refractivity contribution in [1.29, 1.82) is 0 Å². The molecule has 1 aromatic heterocycles. The first-order valence-electron chi connectivity index (χ1n) is 10.5. The molecule has 31 heavy (non-hydrogen) atoms. The summed E-state index contributed by atoms with van der Waals surface area (Å²) < 4.78 is 16.2. The van der Waals surface area contributed by atoms with Crippen LogP contribution in [0.4, 0.5) is 0 Å². The number of aromatic nitrogens is 1. The molecule has 0 saturated carbocycles. The highest BCUT2D eigenvalue weighted by Gasteiger charge is 2.17. The molecule has 0 fully saturated rings. The van der Waals surface area contributed by atoms with Crippen molar-refractivity contribution >= 4 is 16.8 Å². The molecule has 0 aliphatic carbocycles. The highest BCUT2D eigenvalue weighted by molar-refractivity contribution is 5.98. The van der Waals surface area contributed by atoms with Gasteiger partial charge in [-0.05, 0) is 54.1 Å². The smallest absolute Gasteiger partial charge is 0.261 e. The highest BCUT2D eigenvalue weighted by Crippen LogP contribution is 2.32. The van der Waals surface area contributed by atoms with Crippen molar-refractivity contribution in [3.63, 3.8) is 0 Å². The summed E-state index contributed by atoms with van der Waals surface area (Å²) in [6.45, 7) is 2.62. The molecule has 162 valence electrons. The summed E-state index contributed by atoms with van der Waals surface area (Å²) in [6, 6.07) is 10.9. The molecule has 4 rings (SSSR count). The number of pyridine rings is 1. The van der Waals surface area contributed by atoms with Gasteiger partial charge in [0, 0.05) is 12.1 Å². The van der Waals surface area contributed by atoms with E-state index in [1.165, 1.54) is 0 Å². The zero-order valence-corrected chi connectivity index (χ0v) is 17.7. The number of H-pyrrole nitrogens is 1. The van der Waals surface area contributed by atoms with Crippen molar-refractivity contribution in [2.24, 2.45) is 0 Å². The number of aryl methyl sites for hydroxylation is 1. The molecule has 1 amide bonds. The standard InChI is InChI=1S/C24H26N2O5/c1-3-4-5-6-17-19(29-2)10-8-16-12-18(24(28)26-22(16)17)23(27)25-13-15-7-9-20-21(11-15)31-14-30-20/h7-12H,3-6,13-14H2,1-2H3,(H,25,27)(H,26,28). The molecule has 0 atom stereocenters. The van der Waals surface area contributed by atoms with E-state index in [-0.39, 0.29) is 18.9 Å². The molecule has 7 nitrogen and oxygen atoms in total. The van der Waals surface area contributed by atoms with Gasteiger partial charge in [0.1, 0.15) is 11.3 Å². The first-order valence-corrected chi connectivity index (χ1v) is 10.5. The van der Waals surface area contributed by atoms with Crippen LogP contribution in [0.15, 0.2) is 41.2 Å². The van der Waals surface area contributed by atoms with Gasteiger partial charge in [0.2, 0.25) is 6.79 Å². The maximum Gasteiger partial charge on any atom is 0.261 e. The topological polar surface area (TPSA) is 89.7 Å². The van der Waals surface area contributed by atoms with Gasteiger partial charge in [0.15, 0.2) is 11.5 Å². The Kier molecular flexibility index (Phi) is 6.11. The van der Waals surface area contributed by atoms with Gasteiger partial charge in [-0.15, -0.1) is 0 Å². The van der Waals surface area contributed by atoms with Gasteiger partial charge in [-0.1, -0.05) is 25.8 Å². The highest BCUT2D eigenvalue weighted by atomic mass is 16.7. The van der Waals surface area contributed by atoms with Crippen LogP contribution >= 0.6 is 0 Å². The molecule has 1 aliphatic rings. The van der Waals surface area contributed by atoms with Gasteiger partial charge < -0.3 is 24.5 Å². The maximum atomic E-state index is 12.7. The summed E-state index contributed by atoms with van der Waals surface area (Å²) in [4.78, 5) is 28.4. The van der Waals surface area contributed by atoms with Gasteiger partial charge in [0.05, 0.1) is 12.6 Å². The van der Waals surface area contributed by atoms with Gasteiger partial charge >= 0.3 is 0 Å². The first kappa shape index (κ1) is 20.8. The largest absolute Gasteiger partial charge is 0.496 e. The van der Waals surface area contributed by atoms with E-state index in [1.54, 1.807) is 19.2 Å². The number of benzene rings is 2. The third kappa shape index (κ3) is 4.35. The Morgan fingerprint density at radius 3 is 2.77 bits per heavy atom. The summed E-state index contributed by atoms with van der Waals surface area (Å²) in [6.07, 6.45) is 4.02. The van der Waals surface area contributed by atoms with Crippen molar-refractivity contribution in [3.8, 4) is 17.2 Å². The van der Waals surface area contributed by atoms with Crippen LogP contribution in [0.3, 0.4) is 0 Å². The molecule has 2 aromatic carbocycles. The van der Waals surface area contributed by atoms with Crippen molar-refractivity contribution in [2.75, 3.05) is 13.9 Å². The zero-order chi connectivity index (χ0) is 21.8. The number of unbranched alkanes of at least 4 members (excludes halogenated alkanes) is 2. The Labute approximate surface area is 180 Å². The predicted octanol–water partition coefficient (Wildman–Crippen LogP) is 3.93. The van der Waals surface area contributed by atoms with Crippen LogP contribution in [-0.4, -0.2) is 24.8 Å². The molecule has 2 heterocycles. The molecule has 1 aliphatic heterocycles. The normalized spacial score (nSPS) is 12.2. The van der Waals surface area contributed by atoms with E-state index >= 15 is 0 Å². The van der Waals surface area contributed by atoms with Crippen molar-refractivity contribution in [2.45, 2.75) is 39.2 Å². The summed E-state index contributed by atoms with van der Waals surface area (Å²) in [5, 5.41) is 3.62. The predicted molar refractivity (Wildman–Crippen MR) is 118 cm³/mol. The molecular formula is C24H26N2O5. The van der Waals surface area contributed by atoms with E-state index in [4.69, 9.17) is 14.2 Å². The number of amides is 1. The van der Waals surface area contributed by atoms with Crippen LogP contribution < -0.4 is 25.1 Å². The Hall–Kier alpha value is -3.48. The lowest BCUT2D eigenvalue weighted by Gasteiger charge is -2.13. The van der Waals surface area contributed by atoms with E-state index in [0.29, 0.717) is 11.5 Å². The third-order valence-corrected chi connectivity index (χ3v) is 5.47. The van der Waals surface area contributed by atoms with E-state index < -0.39 is 11.5 Å². The van der Waals surface area contributed by atoms with E-state index in [9.17, 15) is 9.59 Å². The summed E-state index contributed by atoms with van der Waals surface area (Å²) >= 11 is 0. The van der Waals surface area contributed by atoms with Crippen LogP contribution in [0.1, 0.15) is 47.7 Å². The van der Waals surface area contributed by atoms with Crippen LogP contribution in [-0.2, 0) is 13.0 Å². The molecule has 0 unspecified atom stereocenters. The number of carbonyl (C=O) groups is 1. The maximum absolute atomic E-state index is 12.7. The van der Waals surface area contributed by atoms with Gasteiger partial charge in [0.25, 0.3) is 11.5 Å². The van der Waals surface area contributed by atoms with Crippen molar-refractivity contribution < 1.29 is 19.0 Å². The molecule has 0 bridgehead atoms. The molecule has 3 aromatic rings. The number of fused-ring (bicyclic) bond motifs is 2. The lowest BCUT2D eigenvalue weighted by molar-refractivity contribution is 0.0949. The fourth-order valence-corrected chi connectivity index (χ4v) is 3.80. The number of rotatable bonds is 8. The summed E-state index contributed by atoms with van der Waals surface area (Å²) in [5.41, 5.74) is 2.22. The average Bonchev–Trinajstić information content (AvgIpc) is 3.25. The van der Waals surface area contributed by atoms with Crippen LogP contribution in [0.2, 0.25) is 0 Å². The molecule has 0 radical (unpaired) electrons. The molecule has 0 spiro atoms. The van der Waals surface area contributed by atoms with Crippen molar-refractivity contribution in [1.82, 2.24) is 10.3 Å². The lowest BCUT2D eigenvalue weighted by atomic mass is 10.0. The third-order valence-electron chi connectivity index (χ3n) is 5.47. The monoisotopic (exact) mass is 422 g/mol. The number of carbonyl (C=O) groups excluding carboxylic acids is 1. The fraction of sp³-hybridized carbons (Fsp3) is 0.333. The van der Waals surface area contributed by atoms with E-state index in [2.05, 4.69) is 17.2 Å². The van der Waals surface area contributed by atoms with Crippen LogP contribution in [0.25, 0.3) is 10.9 Å². The number of nitrogens with one attached hydrogen (secondary N) is 2. The fourth-order valence-electron chi connectivity index (χ4n) is 3.80. The minimum Gasteiger partial charge on any atom is -0.496 e. The van der Waals surface area contributed by atoms with Gasteiger partial charge in [-0.2, -0.15) is 0 Å². The number of hydrogen-bond donors (Lipinski definition) is 2. The zero-order valence-electron chi connectivity index (χ0n) is 17.7. The van der Waals surface area contributed by atoms with Crippen LogP contribution in [0, 0.1) is 0 Å². The lowest BCUT2D eigenvalue weighted by Crippen LogP contribution is -2.29. The summed E-state index contributed by atoms with van der Waals surface area (Å²) in [7, 11) is 1.63. The van der Waals surface area contributed by atoms with Gasteiger partial charge in [-0.3, -0.25) is 9.59 Å².